The molecule has 110 valence electrons. The molecule has 0 unspecified atom stereocenters. The molecule has 0 aliphatic heterocycles. The van der Waals surface area contributed by atoms with Crippen LogP contribution in [0, 0.1) is 23.0 Å². The van der Waals surface area contributed by atoms with Gasteiger partial charge in [-0.2, -0.15) is 0 Å². The summed E-state index contributed by atoms with van der Waals surface area (Å²) >= 11 is 3.38. The fourth-order valence-electron chi connectivity index (χ4n) is 2.61. The summed E-state index contributed by atoms with van der Waals surface area (Å²) in [6.07, 6.45) is 3.65. The lowest BCUT2D eigenvalue weighted by Crippen LogP contribution is -2.23. The summed E-state index contributed by atoms with van der Waals surface area (Å²) in [7, 11) is 0. The van der Waals surface area contributed by atoms with Crippen molar-refractivity contribution in [2.75, 3.05) is 11.9 Å². The van der Waals surface area contributed by atoms with Crippen LogP contribution >= 0.6 is 15.9 Å². The molecule has 1 saturated carbocycles. The largest absolute Gasteiger partial charge is 0.393 e. The van der Waals surface area contributed by atoms with Crippen molar-refractivity contribution < 1.29 is 10.0 Å². The van der Waals surface area contributed by atoms with Gasteiger partial charge in [-0.3, -0.25) is 10.1 Å². The van der Waals surface area contributed by atoms with Gasteiger partial charge in [0, 0.05) is 28.3 Å². The summed E-state index contributed by atoms with van der Waals surface area (Å²) in [5.74, 6) is 0.556. The Labute approximate surface area is 126 Å². The second-order valence-corrected chi connectivity index (χ2v) is 6.29. The first-order valence-corrected chi connectivity index (χ1v) is 7.63. The average molecular weight is 343 g/mol. The van der Waals surface area contributed by atoms with Crippen LogP contribution in [-0.4, -0.2) is 22.7 Å². The van der Waals surface area contributed by atoms with Crippen molar-refractivity contribution in [3.05, 3.63) is 32.3 Å². The molecule has 0 heterocycles. The molecule has 1 aliphatic carbocycles. The summed E-state index contributed by atoms with van der Waals surface area (Å²) in [4.78, 5) is 10.5. The minimum Gasteiger partial charge on any atom is -0.393 e. The van der Waals surface area contributed by atoms with E-state index in [0.717, 1.165) is 37.9 Å². The maximum Gasteiger partial charge on any atom is 0.273 e. The number of aliphatic hydroxyl groups excluding tert-OH is 1. The second kappa shape index (κ2) is 6.54. The van der Waals surface area contributed by atoms with E-state index in [2.05, 4.69) is 21.2 Å². The predicted octanol–water partition coefficient (Wildman–Crippen LogP) is 3.63. The minimum atomic E-state index is -0.369. The number of nitrogens with zero attached hydrogens (tertiary/aromatic N) is 1. The number of hydrogen-bond donors (Lipinski definition) is 2. The fraction of sp³-hybridized carbons (Fsp3) is 0.571. The Bertz CT molecular complexity index is 499. The predicted molar refractivity (Wildman–Crippen MR) is 82.0 cm³/mol. The first kappa shape index (κ1) is 15.3. The van der Waals surface area contributed by atoms with Crippen LogP contribution in [0.5, 0.6) is 0 Å². The van der Waals surface area contributed by atoms with Crippen LogP contribution in [0.4, 0.5) is 11.4 Å². The Morgan fingerprint density at radius 1 is 1.40 bits per heavy atom. The molecular formula is C14H19BrN2O3. The van der Waals surface area contributed by atoms with E-state index < -0.39 is 0 Å². The lowest BCUT2D eigenvalue weighted by molar-refractivity contribution is -0.385. The van der Waals surface area contributed by atoms with E-state index >= 15 is 0 Å². The molecule has 20 heavy (non-hydrogen) atoms. The minimum absolute atomic E-state index is 0.128. The Morgan fingerprint density at radius 3 is 2.65 bits per heavy atom. The van der Waals surface area contributed by atoms with Gasteiger partial charge in [-0.05, 0) is 60.5 Å². The standard InChI is InChI=1S/C14H19BrN2O3/c1-9-6-13(12(15)7-14(9)17(19)20)16-8-10-2-4-11(18)5-3-10/h6-7,10-11,16,18H,2-5,8H2,1H3. The first-order chi connectivity index (χ1) is 9.47. The molecule has 0 aromatic heterocycles. The molecule has 1 aromatic rings. The number of nitrogens with one attached hydrogen (secondary N) is 1. The summed E-state index contributed by atoms with van der Waals surface area (Å²) in [6, 6.07) is 3.35. The topological polar surface area (TPSA) is 75.4 Å². The van der Waals surface area contributed by atoms with Crippen molar-refractivity contribution >= 4 is 27.3 Å². The molecule has 0 radical (unpaired) electrons. The second-order valence-electron chi connectivity index (χ2n) is 5.43. The number of hydrogen-bond acceptors (Lipinski definition) is 4. The van der Waals surface area contributed by atoms with Crippen molar-refractivity contribution in [2.45, 2.75) is 38.7 Å². The Hall–Kier alpha value is -1.14. The van der Waals surface area contributed by atoms with Gasteiger partial charge < -0.3 is 10.4 Å². The van der Waals surface area contributed by atoms with E-state index in [0.29, 0.717) is 16.0 Å². The van der Waals surface area contributed by atoms with Crippen molar-refractivity contribution in [1.29, 1.82) is 0 Å². The highest BCUT2D eigenvalue weighted by Gasteiger charge is 2.20. The van der Waals surface area contributed by atoms with Gasteiger partial charge in [0.25, 0.3) is 5.69 Å². The number of rotatable bonds is 4. The van der Waals surface area contributed by atoms with Crippen LogP contribution in [-0.2, 0) is 0 Å². The van der Waals surface area contributed by atoms with Gasteiger partial charge >= 0.3 is 0 Å². The van der Waals surface area contributed by atoms with E-state index in [1.165, 1.54) is 0 Å². The van der Waals surface area contributed by atoms with Gasteiger partial charge in [0.1, 0.15) is 0 Å². The fourth-order valence-corrected chi connectivity index (χ4v) is 3.08. The molecule has 1 aromatic carbocycles. The maximum absolute atomic E-state index is 10.9. The number of nitro benzene ring substituents is 1. The molecule has 5 nitrogen and oxygen atoms in total. The van der Waals surface area contributed by atoms with Gasteiger partial charge in [0.05, 0.1) is 11.0 Å². The monoisotopic (exact) mass is 342 g/mol. The third-order valence-corrected chi connectivity index (χ3v) is 4.54. The SMILES string of the molecule is Cc1cc(NCC2CCC(O)CC2)c(Br)cc1[N+](=O)[O-]. The normalized spacial score (nSPS) is 22.6. The summed E-state index contributed by atoms with van der Waals surface area (Å²) in [6.45, 7) is 2.58. The van der Waals surface area contributed by atoms with E-state index in [1.807, 2.05) is 0 Å². The van der Waals surface area contributed by atoms with Crippen LogP contribution in [0.2, 0.25) is 0 Å². The highest BCUT2D eigenvalue weighted by molar-refractivity contribution is 9.10. The van der Waals surface area contributed by atoms with Gasteiger partial charge in [-0.1, -0.05) is 0 Å². The molecular weight excluding hydrogens is 324 g/mol. The van der Waals surface area contributed by atoms with Crippen molar-refractivity contribution in [3.8, 4) is 0 Å². The number of halogens is 1. The van der Waals surface area contributed by atoms with Crippen LogP contribution in [0.25, 0.3) is 0 Å². The summed E-state index contributed by atoms with van der Waals surface area (Å²) in [5, 5.41) is 23.7. The van der Waals surface area contributed by atoms with Crippen LogP contribution < -0.4 is 5.32 Å². The summed E-state index contributed by atoms with van der Waals surface area (Å²) < 4.78 is 0.714. The highest BCUT2D eigenvalue weighted by atomic mass is 79.9. The smallest absolute Gasteiger partial charge is 0.273 e. The lowest BCUT2D eigenvalue weighted by atomic mass is 9.87. The molecule has 0 amide bonds. The number of aryl methyl sites for hydroxylation is 1. The van der Waals surface area contributed by atoms with E-state index in [1.54, 1.807) is 19.1 Å². The molecule has 6 heteroatoms. The van der Waals surface area contributed by atoms with Gasteiger partial charge in [0.2, 0.25) is 0 Å². The number of anilines is 1. The zero-order valence-electron chi connectivity index (χ0n) is 11.4. The van der Waals surface area contributed by atoms with E-state index in [9.17, 15) is 15.2 Å². The number of aliphatic hydroxyl groups is 1. The van der Waals surface area contributed by atoms with Crippen molar-refractivity contribution in [2.24, 2.45) is 5.92 Å². The van der Waals surface area contributed by atoms with Crippen LogP contribution in [0.1, 0.15) is 31.2 Å². The van der Waals surface area contributed by atoms with Gasteiger partial charge in [0.15, 0.2) is 0 Å². The molecule has 0 spiro atoms. The molecule has 2 N–H and O–H groups in total. The summed E-state index contributed by atoms with van der Waals surface area (Å²) in [5.41, 5.74) is 1.67. The third-order valence-electron chi connectivity index (χ3n) is 3.88. The van der Waals surface area contributed by atoms with E-state index in [-0.39, 0.29) is 16.7 Å². The van der Waals surface area contributed by atoms with Crippen molar-refractivity contribution in [1.82, 2.24) is 0 Å². The number of benzene rings is 1. The maximum atomic E-state index is 10.9. The third kappa shape index (κ3) is 3.70. The first-order valence-electron chi connectivity index (χ1n) is 6.84. The Morgan fingerprint density at radius 2 is 2.05 bits per heavy atom. The van der Waals surface area contributed by atoms with Crippen LogP contribution in [0.15, 0.2) is 16.6 Å². The molecule has 0 bridgehead atoms. The molecule has 2 rings (SSSR count). The zero-order valence-corrected chi connectivity index (χ0v) is 13.0. The number of nitro groups is 1. The van der Waals surface area contributed by atoms with Gasteiger partial charge in [-0.25, -0.2) is 0 Å². The van der Waals surface area contributed by atoms with Gasteiger partial charge in [-0.15, -0.1) is 0 Å². The highest BCUT2D eigenvalue weighted by Crippen LogP contribution is 2.31. The molecule has 0 atom stereocenters. The van der Waals surface area contributed by atoms with Crippen molar-refractivity contribution in [3.63, 3.8) is 0 Å². The quantitative estimate of drug-likeness (QED) is 0.647. The zero-order chi connectivity index (χ0) is 14.7. The average Bonchev–Trinajstić information content (AvgIpc) is 2.41. The Balaban J connectivity index is 1.99. The van der Waals surface area contributed by atoms with E-state index in [4.69, 9.17) is 0 Å². The molecule has 1 aliphatic rings. The van der Waals surface area contributed by atoms with Crippen LogP contribution in [0.3, 0.4) is 0 Å². The Kier molecular flexibility index (Phi) is 4.99. The molecule has 0 saturated heterocycles. The lowest BCUT2D eigenvalue weighted by Gasteiger charge is -2.26. The molecule has 1 fully saturated rings.